The molecule has 0 spiro atoms. The fourth-order valence-corrected chi connectivity index (χ4v) is 0.925. The second-order valence-corrected chi connectivity index (χ2v) is 2.73. The zero-order chi connectivity index (χ0) is 10.7. The molecule has 0 saturated carbocycles. The van der Waals surface area contributed by atoms with Crippen molar-refractivity contribution in [1.29, 1.82) is 0 Å². The monoisotopic (exact) mass is 211 g/mol. The number of hydrogen-bond acceptors (Lipinski definition) is 4. The molecule has 0 aromatic carbocycles. The molecule has 0 amide bonds. The van der Waals surface area contributed by atoms with Gasteiger partial charge in [-0.25, -0.2) is 4.79 Å². The van der Waals surface area contributed by atoms with Crippen molar-refractivity contribution in [2.24, 2.45) is 0 Å². The minimum Gasteiger partial charge on any atom is -0.465 e. The number of ether oxygens (including phenoxy) is 1. The number of halogens is 1. The smallest absolute Gasteiger partial charge is 0.347 e. The van der Waals surface area contributed by atoms with Crippen LogP contribution >= 0.6 is 11.6 Å². The van der Waals surface area contributed by atoms with Gasteiger partial charge in [-0.05, 0) is 18.5 Å². The summed E-state index contributed by atoms with van der Waals surface area (Å²) in [7, 11) is 1.21. The molecule has 1 aromatic heterocycles. The van der Waals surface area contributed by atoms with Gasteiger partial charge in [0.2, 0.25) is 5.15 Å². The quantitative estimate of drug-likeness (QED) is 0.525. The third kappa shape index (κ3) is 1.80. The van der Waals surface area contributed by atoms with Gasteiger partial charge >= 0.3 is 11.8 Å². The van der Waals surface area contributed by atoms with Crippen molar-refractivity contribution >= 4 is 23.4 Å². The van der Waals surface area contributed by atoms with E-state index in [1.54, 1.807) is 6.92 Å². The molecule has 72 valence electrons. The van der Waals surface area contributed by atoms with Crippen LogP contribution in [0.25, 0.3) is 4.85 Å². The maximum atomic E-state index is 11.1. The number of esters is 1. The van der Waals surface area contributed by atoms with Gasteiger partial charge in [0.05, 0.1) is 12.8 Å². The molecule has 1 rings (SSSR count). The number of aromatic nitrogens is 2. The van der Waals surface area contributed by atoms with E-state index in [0.29, 0.717) is 5.69 Å². The average Bonchev–Trinajstić information content (AvgIpc) is 2.20. The Bertz CT molecular complexity index is 425. The third-order valence-electron chi connectivity index (χ3n) is 1.48. The lowest BCUT2D eigenvalue weighted by Crippen LogP contribution is -2.07. The van der Waals surface area contributed by atoms with Crippen LogP contribution in [0.5, 0.6) is 0 Å². The molecular formula is C8H6ClN3O2. The maximum Gasteiger partial charge on any atom is 0.347 e. The van der Waals surface area contributed by atoms with E-state index in [-0.39, 0.29) is 16.7 Å². The van der Waals surface area contributed by atoms with Gasteiger partial charge in [0.25, 0.3) is 0 Å². The first-order valence-electron chi connectivity index (χ1n) is 3.60. The number of carbonyl (C=O) groups excluding carboxylic acids is 1. The summed E-state index contributed by atoms with van der Waals surface area (Å²) in [5, 5.41) is 0.114. The Labute approximate surface area is 85.5 Å². The van der Waals surface area contributed by atoms with Gasteiger partial charge in [-0.2, -0.15) is 0 Å². The van der Waals surface area contributed by atoms with Crippen LogP contribution in [-0.4, -0.2) is 23.0 Å². The van der Waals surface area contributed by atoms with Crippen LogP contribution in [0.1, 0.15) is 16.2 Å². The lowest BCUT2D eigenvalue weighted by molar-refractivity contribution is 0.0595. The maximum absolute atomic E-state index is 11.1. The summed E-state index contributed by atoms with van der Waals surface area (Å²) < 4.78 is 4.45. The van der Waals surface area contributed by atoms with Crippen LogP contribution in [0, 0.1) is 13.5 Å². The van der Waals surface area contributed by atoms with Crippen LogP contribution < -0.4 is 0 Å². The molecule has 0 bridgehead atoms. The zero-order valence-corrected chi connectivity index (χ0v) is 8.29. The van der Waals surface area contributed by atoms with E-state index in [9.17, 15) is 4.79 Å². The average molecular weight is 212 g/mol. The Morgan fingerprint density at radius 3 is 2.71 bits per heavy atom. The van der Waals surface area contributed by atoms with E-state index < -0.39 is 5.97 Å². The molecule has 0 N–H and O–H groups in total. The minimum absolute atomic E-state index is 0.107. The predicted octanol–water partition coefficient (Wildman–Crippen LogP) is 1.78. The van der Waals surface area contributed by atoms with Crippen molar-refractivity contribution < 1.29 is 9.53 Å². The number of methoxy groups -OCH3 is 1. The fourth-order valence-electron chi connectivity index (χ4n) is 0.802. The third-order valence-corrected chi connectivity index (χ3v) is 1.84. The highest BCUT2D eigenvalue weighted by molar-refractivity contribution is 6.30. The standard InChI is InChI=1S/C8H6ClN3O2/c1-4-6(9)12-7(10-2)5(11-4)8(13)14-3/h1,3H3. The first-order chi connectivity index (χ1) is 6.60. The molecule has 0 aliphatic carbocycles. The number of aryl methyl sites for hydroxylation is 1. The van der Waals surface area contributed by atoms with Gasteiger partial charge in [0, 0.05) is 0 Å². The van der Waals surface area contributed by atoms with Crippen molar-refractivity contribution in [2.75, 3.05) is 7.11 Å². The largest absolute Gasteiger partial charge is 0.465 e. The molecule has 1 aromatic rings. The summed E-state index contributed by atoms with van der Waals surface area (Å²) in [6.45, 7) is 8.37. The number of hydrogen-bond donors (Lipinski definition) is 0. The lowest BCUT2D eigenvalue weighted by atomic mass is 10.4. The van der Waals surface area contributed by atoms with E-state index in [1.807, 2.05) is 0 Å². The van der Waals surface area contributed by atoms with Crippen molar-refractivity contribution in [2.45, 2.75) is 6.92 Å². The molecule has 0 atom stereocenters. The Morgan fingerprint density at radius 1 is 1.57 bits per heavy atom. The molecule has 0 fully saturated rings. The molecule has 1 heterocycles. The summed E-state index contributed by atoms with van der Waals surface area (Å²) in [4.78, 5) is 21.7. The molecule has 6 heteroatoms. The van der Waals surface area contributed by atoms with E-state index in [1.165, 1.54) is 7.11 Å². The summed E-state index contributed by atoms with van der Waals surface area (Å²) in [5.74, 6) is -0.837. The van der Waals surface area contributed by atoms with Gasteiger partial charge < -0.3 is 9.58 Å². The molecule has 5 nitrogen and oxygen atoms in total. The molecule has 14 heavy (non-hydrogen) atoms. The van der Waals surface area contributed by atoms with Crippen molar-refractivity contribution in [3.8, 4) is 0 Å². The Kier molecular flexibility index (Phi) is 2.99. The second-order valence-electron chi connectivity index (χ2n) is 2.38. The van der Waals surface area contributed by atoms with E-state index in [0.717, 1.165) is 0 Å². The summed E-state index contributed by atoms with van der Waals surface area (Å²) >= 11 is 5.64. The molecule has 0 saturated heterocycles. The van der Waals surface area contributed by atoms with E-state index in [2.05, 4.69) is 19.5 Å². The zero-order valence-electron chi connectivity index (χ0n) is 7.54. The molecule has 0 unspecified atom stereocenters. The highest BCUT2D eigenvalue weighted by Crippen LogP contribution is 2.20. The van der Waals surface area contributed by atoms with Crippen LogP contribution in [0.3, 0.4) is 0 Å². The van der Waals surface area contributed by atoms with Crippen LogP contribution in [0.4, 0.5) is 5.82 Å². The SMILES string of the molecule is [C-]#[N+]c1nc(Cl)c(C)nc1C(=O)OC. The summed E-state index contributed by atoms with van der Waals surface area (Å²) in [5.41, 5.74) is 0.281. The summed E-state index contributed by atoms with van der Waals surface area (Å²) in [6.07, 6.45) is 0. The molecule has 0 radical (unpaired) electrons. The highest BCUT2D eigenvalue weighted by Gasteiger charge is 2.18. The lowest BCUT2D eigenvalue weighted by Gasteiger charge is -2.01. The molecular weight excluding hydrogens is 206 g/mol. The van der Waals surface area contributed by atoms with E-state index >= 15 is 0 Å². The second kappa shape index (κ2) is 4.03. The molecule has 0 aliphatic heterocycles. The highest BCUT2D eigenvalue weighted by atomic mass is 35.5. The topological polar surface area (TPSA) is 56.4 Å². The first-order valence-corrected chi connectivity index (χ1v) is 3.98. The Hall–Kier alpha value is -1.67. The molecule has 0 aliphatic rings. The van der Waals surface area contributed by atoms with Gasteiger partial charge in [-0.3, -0.25) is 4.98 Å². The number of carbonyl (C=O) groups is 1. The predicted molar refractivity (Wildman–Crippen MR) is 49.4 cm³/mol. The van der Waals surface area contributed by atoms with Crippen molar-refractivity contribution in [3.05, 3.63) is 28.0 Å². The van der Waals surface area contributed by atoms with Gasteiger partial charge in [-0.15, -0.1) is 4.98 Å². The fraction of sp³-hybridized carbons (Fsp3) is 0.250. The minimum atomic E-state index is -0.691. The number of rotatable bonds is 1. The van der Waals surface area contributed by atoms with Crippen LogP contribution in [0.15, 0.2) is 0 Å². The van der Waals surface area contributed by atoms with Crippen molar-refractivity contribution in [1.82, 2.24) is 9.97 Å². The Morgan fingerprint density at radius 2 is 2.21 bits per heavy atom. The van der Waals surface area contributed by atoms with Gasteiger partial charge in [0.1, 0.15) is 0 Å². The van der Waals surface area contributed by atoms with Crippen LogP contribution in [-0.2, 0) is 4.74 Å². The Balaban J connectivity index is 3.36. The normalized spacial score (nSPS) is 9.29. The summed E-state index contributed by atoms with van der Waals surface area (Å²) in [6, 6.07) is 0. The van der Waals surface area contributed by atoms with Crippen molar-refractivity contribution in [3.63, 3.8) is 0 Å². The van der Waals surface area contributed by atoms with Crippen LogP contribution in [0.2, 0.25) is 5.15 Å². The number of nitrogens with zero attached hydrogens (tertiary/aromatic N) is 3. The van der Waals surface area contributed by atoms with Gasteiger partial charge in [0.15, 0.2) is 5.69 Å². The first kappa shape index (κ1) is 10.4. The van der Waals surface area contributed by atoms with E-state index in [4.69, 9.17) is 18.2 Å². The van der Waals surface area contributed by atoms with Gasteiger partial charge in [-0.1, -0.05) is 6.57 Å².